The summed E-state index contributed by atoms with van der Waals surface area (Å²) in [4.78, 5) is 24.7. The van der Waals surface area contributed by atoms with E-state index in [1.807, 2.05) is 13.8 Å². The Bertz CT molecular complexity index is 686. The van der Waals surface area contributed by atoms with Gasteiger partial charge in [-0.2, -0.15) is 4.98 Å². The number of pyridine rings is 1. The van der Waals surface area contributed by atoms with E-state index in [9.17, 15) is 14.9 Å². The van der Waals surface area contributed by atoms with E-state index in [1.54, 1.807) is 24.3 Å². The monoisotopic (exact) mass is 318 g/mol. The zero-order valence-electron chi connectivity index (χ0n) is 13.1. The Morgan fingerprint density at radius 2 is 1.83 bits per heavy atom. The van der Waals surface area contributed by atoms with Gasteiger partial charge >= 0.3 is 5.69 Å². The second kappa shape index (κ2) is 8.32. The number of nitrogens with two attached hydrogens (primary N) is 1. The number of hydrogen-bond donors (Lipinski definition) is 2. The molecule has 0 saturated heterocycles. The standard InChI is InChI=1S/C13H12N4O4.C2H6/c1-8(18)15-9-2-4-10(5-3-9)21-12-7-6-11(17(19)20)13(14)16-12;1-2/h2-7H,1H3,(H2,14,16)(H,15,18);1-2H3. The van der Waals surface area contributed by atoms with Gasteiger partial charge in [-0.15, -0.1) is 0 Å². The van der Waals surface area contributed by atoms with Crippen LogP contribution in [0, 0.1) is 10.1 Å². The Labute approximate surface area is 133 Å². The molecular weight excluding hydrogens is 300 g/mol. The van der Waals surface area contributed by atoms with Crippen molar-refractivity contribution in [3.8, 4) is 11.6 Å². The van der Waals surface area contributed by atoms with Crippen LogP contribution < -0.4 is 15.8 Å². The molecule has 0 saturated carbocycles. The minimum Gasteiger partial charge on any atom is -0.439 e. The molecule has 1 heterocycles. The Hall–Kier alpha value is -3.16. The maximum Gasteiger partial charge on any atom is 0.311 e. The molecule has 8 heteroatoms. The van der Waals surface area contributed by atoms with Crippen LogP contribution in [0.15, 0.2) is 36.4 Å². The fourth-order valence-corrected chi connectivity index (χ4v) is 1.59. The van der Waals surface area contributed by atoms with Crippen molar-refractivity contribution in [1.82, 2.24) is 4.98 Å². The summed E-state index contributed by atoms with van der Waals surface area (Å²) in [5, 5.41) is 13.2. The highest BCUT2D eigenvalue weighted by Crippen LogP contribution is 2.26. The third-order valence-corrected chi connectivity index (χ3v) is 2.47. The molecule has 0 unspecified atom stereocenters. The van der Waals surface area contributed by atoms with Gasteiger partial charge in [-0.1, -0.05) is 13.8 Å². The largest absolute Gasteiger partial charge is 0.439 e. The summed E-state index contributed by atoms with van der Waals surface area (Å²) >= 11 is 0. The predicted molar refractivity (Wildman–Crippen MR) is 87.5 cm³/mol. The van der Waals surface area contributed by atoms with Crippen molar-refractivity contribution in [2.45, 2.75) is 20.8 Å². The molecule has 0 aliphatic rings. The molecule has 1 aromatic carbocycles. The smallest absolute Gasteiger partial charge is 0.311 e. The van der Waals surface area contributed by atoms with Crippen LogP contribution >= 0.6 is 0 Å². The third-order valence-electron chi connectivity index (χ3n) is 2.47. The summed E-state index contributed by atoms with van der Waals surface area (Å²) in [5.41, 5.74) is 5.83. The summed E-state index contributed by atoms with van der Waals surface area (Å²) < 4.78 is 5.43. The lowest BCUT2D eigenvalue weighted by atomic mass is 10.3. The van der Waals surface area contributed by atoms with Gasteiger partial charge < -0.3 is 15.8 Å². The van der Waals surface area contributed by atoms with Crippen LogP contribution in [0.3, 0.4) is 0 Å². The number of nitrogens with one attached hydrogen (secondary N) is 1. The van der Waals surface area contributed by atoms with E-state index in [4.69, 9.17) is 10.5 Å². The van der Waals surface area contributed by atoms with Gasteiger partial charge in [0.1, 0.15) is 5.75 Å². The van der Waals surface area contributed by atoms with E-state index in [1.165, 1.54) is 19.1 Å². The van der Waals surface area contributed by atoms with Gasteiger partial charge in [-0.25, -0.2) is 0 Å². The SMILES string of the molecule is CC.CC(=O)Nc1ccc(Oc2ccc([N+](=O)[O-])c(N)n2)cc1. The van der Waals surface area contributed by atoms with Crippen molar-refractivity contribution in [3.05, 3.63) is 46.5 Å². The molecule has 122 valence electrons. The van der Waals surface area contributed by atoms with Crippen molar-refractivity contribution in [3.63, 3.8) is 0 Å². The number of carbonyl (C=O) groups is 1. The first-order valence-electron chi connectivity index (χ1n) is 6.92. The van der Waals surface area contributed by atoms with Crippen molar-refractivity contribution in [2.24, 2.45) is 0 Å². The van der Waals surface area contributed by atoms with Crippen LogP contribution in [0.1, 0.15) is 20.8 Å². The molecule has 3 N–H and O–H groups in total. The Morgan fingerprint density at radius 1 is 1.22 bits per heavy atom. The molecule has 2 aromatic rings. The number of ether oxygens (including phenoxy) is 1. The van der Waals surface area contributed by atoms with Gasteiger partial charge in [0, 0.05) is 24.7 Å². The Morgan fingerprint density at radius 3 is 2.30 bits per heavy atom. The number of carbonyl (C=O) groups excluding carboxylic acids is 1. The summed E-state index contributed by atoms with van der Waals surface area (Å²) in [6.45, 7) is 5.41. The molecule has 0 fully saturated rings. The molecule has 1 amide bonds. The summed E-state index contributed by atoms with van der Waals surface area (Å²) in [6.07, 6.45) is 0. The average molecular weight is 318 g/mol. The quantitative estimate of drug-likeness (QED) is 0.658. The van der Waals surface area contributed by atoms with Crippen molar-refractivity contribution in [1.29, 1.82) is 0 Å². The predicted octanol–water partition coefficient (Wildman–Crippen LogP) is 3.35. The van der Waals surface area contributed by atoms with Crippen LogP contribution in [-0.2, 0) is 4.79 Å². The summed E-state index contributed by atoms with van der Waals surface area (Å²) in [7, 11) is 0. The first-order chi connectivity index (χ1) is 11.0. The van der Waals surface area contributed by atoms with Crippen molar-refractivity contribution < 1.29 is 14.5 Å². The second-order valence-corrected chi connectivity index (χ2v) is 4.12. The number of nitro groups is 1. The van der Waals surface area contributed by atoms with E-state index in [0.717, 1.165) is 0 Å². The van der Waals surface area contributed by atoms with E-state index in [0.29, 0.717) is 11.4 Å². The number of amides is 1. The number of hydrogen-bond acceptors (Lipinski definition) is 6. The van der Waals surface area contributed by atoms with E-state index >= 15 is 0 Å². The van der Waals surface area contributed by atoms with Crippen LogP contribution in [0.25, 0.3) is 0 Å². The minimum atomic E-state index is -0.617. The molecule has 23 heavy (non-hydrogen) atoms. The van der Waals surface area contributed by atoms with Crippen LogP contribution in [0.5, 0.6) is 11.6 Å². The van der Waals surface area contributed by atoms with Crippen molar-refractivity contribution in [2.75, 3.05) is 11.1 Å². The fraction of sp³-hybridized carbons (Fsp3) is 0.200. The summed E-state index contributed by atoms with van der Waals surface area (Å²) in [5.74, 6) is 0.219. The third kappa shape index (κ3) is 5.27. The minimum absolute atomic E-state index is 0.144. The Balaban J connectivity index is 0.00000127. The van der Waals surface area contributed by atoms with Gasteiger partial charge in [0.2, 0.25) is 17.6 Å². The first-order valence-corrected chi connectivity index (χ1v) is 6.92. The molecule has 1 aromatic heterocycles. The van der Waals surface area contributed by atoms with E-state index < -0.39 is 4.92 Å². The normalized spacial score (nSPS) is 9.35. The first kappa shape index (κ1) is 17.9. The van der Waals surface area contributed by atoms with E-state index in [-0.39, 0.29) is 23.3 Å². The van der Waals surface area contributed by atoms with Gasteiger partial charge in [0.15, 0.2) is 0 Å². The topological polar surface area (TPSA) is 120 Å². The highest BCUT2D eigenvalue weighted by atomic mass is 16.6. The van der Waals surface area contributed by atoms with Crippen LogP contribution in [0.2, 0.25) is 0 Å². The molecule has 0 aliphatic carbocycles. The van der Waals surface area contributed by atoms with Crippen molar-refractivity contribution >= 4 is 23.1 Å². The molecule has 8 nitrogen and oxygen atoms in total. The number of nitrogens with zero attached hydrogens (tertiary/aromatic N) is 2. The summed E-state index contributed by atoms with van der Waals surface area (Å²) in [6, 6.07) is 9.16. The number of anilines is 2. The molecule has 2 rings (SSSR count). The number of nitrogen functional groups attached to an aromatic ring is 1. The average Bonchev–Trinajstić information content (AvgIpc) is 2.50. The molecule has 0 spiro atoms. The van der Waals surface area contributed by atoms with Crippen LogP contribution in [-0.4, -0.2) is 15.8 Å². The molecular formula is C15H18N4O4. The lowest BCUT2D eigenvalue weighted by Gasteiger charge is -2.07. The second-order valence-electron chi connectivity index (χ2n) is 4.12. The molecule has 0 atom stereocenters. The molecule has 0 radical (unpaired) electrons. The number of rotatable bonds is 4. The lowest BCUT2D eigenvalue weighted by Crippen LogP contribution is -2.05. The highest BCUT2D eigenvalue weighted by Gasteiger charge is 2.13. The van der Waals surface area contributed by atoms with Gasteiger partial charge in [0.05, 0.1) is 4.92 Å². The highest BCUT2D eigenvalue weighted by molar-refractivity contribution is 5.88. The van der Waals surface area contributed by atoms with Gasteiger partial charge in [0.25, 0.3) is 0 Å². The zero-order valence-corrected chi connectivity index (χ0v) is 13.1. The maximum absolute atomic E-state index is 10.9. The van der Waals surface area contributed by atoms with Crippen LogP contribution in [0.4, 0.5) is 17.2 Å². The number of benzene rings is 1. The fourth-order valence-electron chi connectivity index (χ4n) is 1.59. The lowest BCUT2D eigenvalue weighted by molar-refractivity contribution is -0.384. The maximum atomic E-state index is 10.9. The van der Waals surface area contributed by atoms with Gasteiger partial charge in [-0.3, -0.25) is 14.9 Å². The van der Waals surface area contributed by atoms with Gasteiger partial charge in [-0.05, 0) is 24.3 Å². The zero-order chi connectivity index (χ0) is 17.4. The Kier molecular flexibility index (Phi) is 6.47. The molecule has 0 aliphatic heterocycles. The number of aromatic nitrogens is 1. The van der Waals surface area contributed by atoms with E-state index in [2.05, 4.69) is 10.3 Å². The molecule has 0 bridgehead atoms.